The number of carbonyl (C=O) groups is 1. The van der Waals surface area contributed by atoms with E-state index in [2.05, 4.69) is 21.3 Å². The molecule has 2 aromatic rings. The Hall–Kier alpha value is -2.93. The summed E-state index contributed by atoms with van der Waals surface area (Å²) >= 11 is 0. The second kappa shape index (κ2) is 13.3. The number of benzene rings is 2. The topological polar surface area (TPSA) is 83.7 Å². The molecule has 158 valence electrons. The van der Waals surface area contributed by atoms with Gasteiger partial charge in [-0.2, -0.15) is 0 Å². The number of anilines is 1. The molecule has 0 aliphatic carbocycles. The molecule has 0 aromatic heterocycles. The van der Waals surface area contributed by atoms with Crippen LogP contribution in [0.1, 0.15) is 18.4 Å². The second-order valence-corrected chi connectivity index (χ2v) is 6.51. The number of ether oxygens (including phenoxy) is 2. The lowest BCUT2D eigenvalue weighted by Crippen LogP contribution is -2.32. The Balaban J connectivity index is 1.49. The Kier molecular flexibility index (Phi) is 10.2. The fourth-order valence-electron chi connectivity index (χ4n) is 2.72. The van der Waals surface area contributed by atoms with Crippen LogP contribution in [0.25, 0.3) is 0 Å². The Bertz CT molecular complexity index is 722. The average molecular weight is 401 g/mol. The average Bonchev–Trinajstić information content (AvgIpc) is 2.77. The first kappa shape index (κ1) is 22.4. The van der Waals surface area contributed by atoms with E-state index < -0.39 is 0 Å². The van der Waals surface area contributed by atoms with Crippen LogP contribution in [0.4, 0.5) is 10.5 Å². The minimum atomic E-state index is -0.186. The molecule has 0 bridgehead atoms. The number of amides is 2. The lowest BCUT2D eigenvalue weighted by molar-refractivity contribution is 0.242. The third-order valence-electron chi connectivity index (χ3n) is 4.34. The van der Waals surface area contributed by atoms with Gasteiger partial charge in [0, 0.05) is 26.7 Å². The maximum atomic E-state index is 11.2. The van der Waals surface area contributed by atoms with E-state index in [0.717, 1.165) is 55.2 Å². The summed E-state index contributed by atoms with van der Waals surface area (Å²) in [5.41, 5.74) is 2.05. The molecule has 0 saturated heterocycles. The van der Waals surface area contributed by atoms with Crippen molar-refractivity contribution in [1.29, 1.82) is 0 Å². The van der Waals surface area contributed by atoms with E-state index in [-0.39, 0.29) is 6.03 Å². The van der Waals surface area contributed by atoms with E-state index in [1.165, 1.54) is 0 Å². The maximum absolute atomic E-state index is 11.2. The summed E-state index contributed by atoms with van der Waals surface area (Å²) in [5, 5.41) is 12.1. The molecule has 0 radical (unpaired) electrons. The smallest absolute Gasteiger partial charge is 0.314 e. The predicted molar refractivity (Wildman–Crippen MR) is 117 cm³/mol. The van der Waals surface area contributed by atoms with Gasteiger partial charge in [-0.3, -0.25) is 0 Å². The van der Waals surface area contributed by atoms with Crippen LogP contribution in [0.2, 0.25) is 0 Å². The fourth-order valence-corrected chi connectivity index (χ4v) is 2.72. The van der Waals surface area contributed by atoms with Crippen molar-refractivity contribution in [3.05, 3.63) is 54.1 Å². The van der Waals surface area contributed by atoms with Gasteiger partial charge in [-0.25, -0.2) is 4.79 Å². The van der Waals surface area contributed by atoms with Gasteiger partial charge in [0.1, 0.15) is 11.5 Å². The van der Waals surface area contributed by atoms with Gasteiger partial charge < -0.3 is 30.7 Å². The minimum absolute atomic E-state index is 0.186. The van der Waals surface area contributed by atoms with Gasteiger partial charge in [-0.1, -0.05) is 24.3 Å². The van der Waals surface area contributed by atoms with Gasteiger partial charge in [-0.05, 0) is 49.2 Å². The van der Waals surface area contributed by atoms with Crippen LogP contribution in [0, 0.1) is 0 Å². The number of nitrogens with one attached hydrogen (secondary N) is 4. The van der Waals surface area contributed by atoms with E-state index in [9.17, 15) is 4.79 Å². The Morgan fingerprint density at radius 2 is 1.76 bits per heavy atom. The molecule has 0 spiro atoms. The summed E-state index contributed by atoms with van der Waals surface area (Å²) in [4.78, 5) is 11.2. The quantitative estimate of drug-likeness (QED) is 0.389. The molecule has 0 saturated carbocycles. The van der Waals surface area contributed by atoms with Crippen LogP contribution >= 0.6 is 0 Å². The SMILES string of the molecule is CNC(=O)NCc1ccc(OCCCCNCCNc2ccccc2OC)cc1. The van der Waals surface area contributed by atoms with Crippen LogP contribution in [0.5, 0.6) is 11.5 Å². The van der Waals surface area contributed by atoms with E-state index >= 15 is 0 Å². The highest BCUT2D eigenvalue weighted by Crippen LogP contribution is 2.22. The molecule has 0 fully saturated rings. The number of carbonyl (C=O) groups excluding carboxylic acids is 1. The molecule has 2 rings (SSSR count). The van der Waals surface area contributed by atoms with E-state index in [1.807, 2.05) is 48.5 Å². The zero-order valence-electron chi connectivity index (χ0n) is 17.3. The summed E-state index contributed by atoms with van der Waals surface area (Å²) in [7, 11) is 3.28. The van der Waals surface area contributed by atoms with Gasteiger partial charge >= 0.3 is 6.03 Å². The zero-order chi connectivity index (χ0) is 20.7. The number of hydrogen-bond donors (Lipinski definition) is 4. The van der Waals surface area contributed by atoms with Crippen molar-refractivity contribution in [1.82, 2.24) is 16.0 Å². The van der Waals surface area contributed by atoms with Crippen molar-refractivity contribution >= 4 is 11.7 Å². The Morgan fingerprint density at radius 1 is 0.966 bits per heavy atom. The molecule has 0 atom stereocenters. The van der Waals surface area contributed by atoms with Gasteiger partial charge in [0.25, 0.3) is 0 Å². The number of hydrogen-bond acceptors (Lipinski definition) is 5. The summed E-state index contributed by atoms with van der Waals surface area (Å²) in [5.74, 6) is 1.71. The molecule has 0 aliphatic rings. The molecular formula is C22H32N4O3. The fraction of sp³-hybridized carbons (Fsp3) is 0.409. The molecule has 29 heavy (non-hydrogen) atoms. The van der Waals surface area contributed by atoms with Crippen LogP contribution < -0.4 is 30.7 Å². The lowest BCUT2D eigenvalue weighted by atomic mass is 10.2. The van der Waals surface area contributed by atoms with E-state index in [4.69, 9.17) is 9.47 Å². The molecular weight excluding hydrogens is 368 g/mol. The molecule has 4 N–H and O–H groups in total. The summed E-state index contributed by atoms with van der Waals surface area (Å²) < 4.78 is 11.1. The zero-order valence-corrected chi connectivity index (χ0v) is 17.3. The number of methoxy groups -OCH3 is 1. The highest BCUT2D eigenvalue weighted by Gasteiger charge is 2.00. The van der Waals surface area contributed by atoms with Crippen LogP contribution in [0.3, 0.4) is 0 Å². The lowest BCUT2D eigenvalue weighted by Gasteiger charge is -2.11. The van der Waals surface area contributed by atoms with E-state index in [0.29, 0.717) is 13.2 Å². The normalized spacial score (nSPS) is 10.3. The predicted octanol–water partition coefficient (Wildman–Crippen LogP) is 2.98. The second-order valence-electron chi connectivity index (χ2n) is 6.51. The Morgan fingerprint density at radius 3 is 2.52 bits per heavy atom. The van der Waals surface area contributed by atoms with Gasteiger partial charge in [0.05, 0.1) is 19.4 Å². The molecule has 7 heteroatoms. The monoisotopic (exact) mass is 400 g/mol. The summed E-state index contributed by atoms with van der Waals surface area (Å²) in [6.45, 7) is 3.89. The molecule has 0 aliphatic heterocycles. The largest absolute Gasteiger partial charge is 0.495 e. The van der Waals surface area contributed by atoms with Gasteiger partial charge in [0.15, 0.2) is 0 Å². The standard InChI is InChI=1S/C22H32N4O3/c1-23-22(27)26-17-18-9-11-19(12-10-18)29-16-6-5-13-24-14-15-25-20-7-3-4-8-21(20)28-2/h3-4,7-12,24-25H,5-6,13-17H2,1-2H3,(H2,23,26,27). The number of para-hydroxylation sites is 2. The number of urea groups is 1. The van der Waals surface area contributed by atoms with E-state index in [1.54, 1.807) is 14.2 Å². The van der Waals surface area contributed by atoms with Crippen molar-refractivity contribution in [2.24, 2.45) is 0 Å². The number of rotatable bonds is 13. The molecule has 7 nitrogen and oxygen atoms in total. The van der Waals surface area contributed by atoms with Crippen LogP contribution in [-0.2, 0) is 6.54 Å². The highest BCUT2D eigenvalue weighted by atomic mass is 16.5. The van der Waals surface area contributed by atoms with Crippen molar-refractivity contribution in [3.8, 4) is 11.5 Å². The van der Waals surface area contributed by atoms with Crippen molar-refractivity contribution in [3.63, 3.8) is 0 Å². The number of unbranched alkanes of at least 4 members (excludes halogenated alkanes) is 1. The third-order valence-corrected chi connectivity index (χ3v) is 4.34. The first-order valence-corrected chi connectivity index (χ1v) is 9.98. The first-order valence-electron chi connectivity index (χ1n) is 9.98. The van der Waals surface area contributed by atoms with Crippen LogP contribution in [-0.4, -0.2) is 46.4 Å². The first-order chi connectivity index (χ1) is 14.2. The van der Waals surface area contributed by atoms with Crippen LogP contribution in [0.15, 0.2) is 48.5 Å². The molecule has 0 unspecified atom stereocenters. The summed E-state index contributed by atoms with van der Waals surface area (Å²) in [6, 6.07) is 15.5. The van der Waals surface area contributed by atoms with Gasteiger partial charge in [-0.15, -0.1) is 0 Å². The van der Waals surface area contributed by atoms with Crippen molar-refractivity contribution < 1.29 is 14.3 Å². The van der Waals surface area contributed by atoms with Gasteiger partial charge in [0.2, 0.25) is 0 Å². The molecule has 2 amide bonds. The summed E-state index contributed by atoms with van der Waals surface area (Å²) in [6.07, 6.45) is 2.05. The highest BCUT2D eigenvalue weighted by molar-refractivity contribution is 5.73. The minimum Gasteiger partial charge on any atom is -0.495 e. The van der Waals surface area contributed by atoms with Crippen molar-refractivity contribution in [2.45, 2.75) is 19.4 Å². The molecule has 2 aromatic carbocycles. The molecule has 0 heterocycles. The Labute approximate surface area is 173 Å². The third kappa shape index (κ3) is 8.74. The van der Waals surface area contributed by atoms with Crippen molar-refractivity contribution in [2.75, 3.05) is 45.7 Å². The maximum Gasteiger partial charge on any atom is 0.314 e.